The number of H-pyrrole nitrogens is 1. The van der Waals surface area contributed by atoms with Gasteiger partial charge in [-0.2, -0.15) is 0 Å². The van der Waals surface area contributed by atoms with E-state index in [2.05, 4.69) is 15.6 Å². The van der Waals surface area contributed by atoms with Gasteiger partial charge in [-0.3, -0.25) is 0 Å². The Balaban J connectivity index is 1.66. The third kappa shape index (κ3) is 3.68. The van der Waals surface area contributed by atoms with Crippen LogP contribution in [0.2, 0.25) is 0 Å². The molecule has 0 aliphatic carbocycles. The average molecular weight is 339 g/mol. The van der Waals surface area contributed by atoms with Crippen molar-refractivity contribution in [2.24, 2.45) is 0 Å². The molecule has 0 saturated heterocycles. The molecular formula is C19H21N3O3. The highest BCUT2D eigenvalue weighted by molar-refractivity contribution is 6.00. The molecular weight excluding hydrogens is 318 g/mol. The first-order chi connectivity index (χ1) is 12.1. The zero-order valence-electron chi connectivity index (χ0n) is 14.5. The maximum absolute atomic E-state index is 12.2. The Hall–Kier alpha value is -3.15. The quantitative estimate of drug-likeness (QED) is 0.661. The van der Waals surface area contributed by atoms with Crippen molar-refractivity contribution < 1.29 is 14.3 Å². The van der Waals surface area contributed by atoms with Gasteiger partial charge in [0.2, 0.25) is 0 Å². The Morgan fingerprint density at radius 3 is 2.64 bits per heavy atom. The minimum Gasteiger partial charge on any atom is -0.493 e. The number of hydrogen-bond acceptors (Lipinski definition) is 3. The highest BCUT2D eigenvalue weighted by atomic mass is 16.5. The number of carbonyl (C=O) groups excluding carboxylic acids is 1. The van der Waals surface area contributed by atoms with Gasteiger partial charge in [-0.1, -0.05) is 12.1 Å². The van der Waals surface area contributed by atoms with Gasteiger partial charge in [0.15, 0.2) is 11.5 Å². The second-order valence-electron chi connectivity index (χ2n) is 5.72. The average Bonchev–Trinajstić information content (AvgIpc) is 3.01. The van der Waals surface area contributed by atoms with E-state index in [1.54, 1.807) is 14.2 Å². The number of aromatic nitrogens is 1. The normalized spacial score (nSPS) is 10.5. The number of carbonyl (C=O) groups is 1. The first kappa shape index (κ1) is 16.7. The fourth-order valence-electron chi connectivity index (χ4n) is 2.74. The van der Waals surface area contributed by atoms with Crippen LogP contribution in [0.4, 0.5) is 10.5 Å². The lowest BCUT2D eigenvalue weighted by Crippen LogP contribution is -2.28. The molecule has 2 amide bonds. The third-order valence-corrected chi connectivity index (χ3v) is 3.95. The van der Waals surface area contributed by atoms with Crippen LogP contribution in [0, 0.1) is 6.92 Å². The molecule has 0 unspecified atom stereocenters. The molecule has 3 rings (SSSR count). The molecule has 3 N–H and O–H groups in total. The first-order valence-electron chi connectivity index (χ1n) is 7.95. The lowest BCUT2D eigenvalue weighted by Gasteiger charge is -2.11. The van der Waals surface area contributed by atoms with Crippen molar-refractivity contribution in [3.63, 3.8) is 0 Å². The Bertz CT molecular complexity index is 902. The molecule has 1 heterocycles. The van der Waals surface area contributed by atoms with E-state index in [9.17, 15) is 4.79 Å². The molecule has 0 saturated carbocycles. The molecule has 0 spiro atoms. The Morgan fingerprint density at radius 2 is 1.88 bits per heavy atom. The zero-order chi connectivity index (χ0) is 17.8. The SMILES string of the molecule is COc1ccc(CNC(=O)Nc2cccc3[nH]c(C)cc23)cc1OC. The number of ether oxygens (including phenoxy) is 2. The fourth-order valence-corrected chi connectivity index (χ4v) is 2.74. The second kappa shape index (κ2) is 7.17. The summed E-state index contributed by atoms with van der Waals surface area (Å²) in [7, 11) is 3.17. The number of rotatable bonds is 5. The summed E-state index contributed by atoms with van der Waals surface area (Å²) < 4.78 is 10.5. The Kier molecular flexibility index (Phi) is 4.79. The van der Waals surface area contributed by atoms with E-state index < -0.39 is 0 Å². The van der Waals surface area contributed by atoms with Crippen molar-refractivity contribution in [3.05, 3.63) is 53.7 Å². The van der Waals surface area contributed by atoms with E-state index in [4.69, 9.17) is 9.47 Å². The monoisotopic (exact) mass is 339 g/mol. The maximum atomic E-state index is 12.2. The molecule has 0 atom stereocenters. The number of benzene rings is 2. The number of amides is 2. The standard InChI is InChI=1S/C19H21N3O3/c1-12-9-14-15(21-12)5-4-6-16(14)22-19(23)20-11-13-7-8-17(24-2)18(10-13)25-3/h4-10,21H,11H2,1-3H3,(H2,20,22,23). The highest BCUT2D eigenvalue weighted by Gasteiger charge is 2.09. The molecule has 0 radical (unpaired) electrons. The summed E-state index contributed by atoms with van der Waals surface area (Å²) in [4.78, 5) is 15.5. The summed E-state index contributed by atoms with van der Waals surface area (Å²) in [6.07, 6.45) is 0. The molecule has 0 aliphatic heterocycles. The molecule has 25 heavy (non-hydrogen) atoms. The maximum Gasteiger partial charge on any atom is 0.319 e. The Labute approximate surface area is 146 Å². The molecule has 1 aromatic heterocycles. The lowest BCUT2D eigenvalue weighted by molar-refractivity contribution is 0.251. The molecule has 0 fully saturated rings. The summed E-state index contributed by atoms with van der Waals surface area (Å²) in [5, 5.41) is 6.73. The van der Waals surface area contributed by atoms with Gasteiger partial charge >= 0.3 is 6.03 Å². The first-order valence-corrected chi connectivity index (χ1v) is 7.95. The molecule has 6 nitrogen and oxygen atoms in total. The minimum absolute atomic E-state index is 0.263. The van der Waals surface area contributed by atoms with E-state index in [0.717, 1.165) is 27.8 Å². The number of urea groups is 1. The van der Waals surface area contributed by atoms with Gasteiger partial charge in [0, 0.05) is 23.1 Å². The van der Waals surface area contributed by atoms with Crippen LogP contribution in [0.25, 0.3) is 10.9 Å². The summed E-state index contributed by atoms with van der Waals surface area (Å²) >= 11 is 0. The number of methoxy groups -OCH3 is 2. The van der Waals surface area contributed by atoms with Crippen molar-refractivity contribution >= 4 is 22.6 Å². The van der Waals surface area contributed by atoms with Gasteiger partial charge in [0.05, 0.1) is 19.9 Å². The smallest absolute Gasteiger partial charge is 0.319 e. The zero-order valence-corrected chi connectivity index (χ0v) is 14.5. The minimum atomic E-state index is -0.263. The molecule has 3 aromatic rings. The van der Waals surface area contributed by atoms with Crippen molar-refractivity contribution in [1.29, 1.82) is 0 Å². The fraction of sp³-hybridized carbons (Fsp3) is 0.211. The number of anilines is 1. The predicted molar refractivity (Wildman–Crippen MR) is 98.4 cm³/mol. The van der Waals surface area contributed by atoms with Crippen LogP contribution < -0.4 is 20.1 Å². The van der Waals surface area contributed by atoms with Crippen LogP contribution >= 0.6 is 0 Å². The van der Waals surface area contributed by atoms with Crippen molar-refractivity contribution in [3.8, 4) is 11.5 Å². The van der Waals surface area contributed by atoms with Crippen LogP contribution in [-0.4, -0.2) is 25.2 Å². The number of nitrogens with one attached hydrogen (secondary N) is 3. The van der Waals surface area contributed by atoms with Gasteiger partial charge in [0.25, 0.3) is 0 Å². The topological polar surface area (TPSA) is 75.4 Å². The number of fused-ring (bicyclic) bond motifs is 1. The number of hydrogen-bond donors (Lipinski definition) is 3. The van der Waals surface area contributed by atoms with Crippen molar-refractivity contribution in [2.75, 3.05) is 19.5 Å². The van der Waals surface area contributed by atoms with Gasteiger partial charge in [-0.05, 0) is 42.8 Å². The van der Waals surface area contributed by atoms with Crippen molar-refractivity contribution in [2.45, 2.75) is 13.5 Å². The summed E-state index contributed by atoms with van der Waals surface area (Å²) in [6, 6.07) is 13.1. The van der Waals surface area contributed by atoms with Crippen molar-refractivity contribution in [1.82, 2.24) is 10.3 Å². The summed E-state index contributed by atoms with van der Waals surface area (Å²) in [5.74, 6) is 1.29. The molecule has 0 bridgehead atoms. The van der Waals surface area contributed by atoms with Gasteiger partial charge < -0.3 is 25.1 Å². The highest BCUT2D eigenvalue weighted by Crippen LogP contribution is 2.27. The van der Waals surface area contributed by atoms with E-state index in [1.807, 2.05) is 49.4 Å². The van der Waals surface area contributed by atoms with Crippen LogP contribution in [0.15, 0.2) is 42.5 Å². The lowest BCUT2D eigenvalue weighted by atomic mass is 10.2. The van der Waals surface area contributed by atoms with Crippen LogP contribution in [0.3, 0.4) is 0 Å². The molecule has 130 valence electrons. The number of aromatic amines is 1. The van der Waals surface area contributed by atoms with E-state index in [1.165, 1.54) is 0 Å². The van der Waals surface area contributed by atoms with Gasteiger partial charge in [-0.15, -0.1) is 0 Å². The van der Waals surface area contributed by atoms with Crippen LogP contribution in [0.5, 0.6) is 11.5 Å². The van der Waals surface area contributed by atoms with E-state index in [0.29, 0.717) is 18.0 Å². The second-order valence-corrected chi connectivity index (χ2v) is 5.72. The molecule has 6 heteroatoms. The molecule has 2 aromatic carbocycles. The van der Waals surface area contributed by atoms with Gasteiger partial charge in [-0.25, -0.2) is 4.79 Å². The summed E-state index contributed by atoms with van der Waals surface area (Å²) in [5.41, 5.74) is 3.74. The Morgan fingerprint density at radius 1 is 1.08 bits per heavy atom. The third-order valence-electron chi connectivity index (χ3n) is 3.95. The number of aryl methyl sites for hydroxylation is 1. The van der Waals surface area contributed by atoms with E-state index in [-0.39, 0.29) is 6.03 Å². The van der Waals surface area contributed by atoms with Gasteiger partial charge in [0.1, 0.15) is 0 Å². The summed E-state index contributed by atoms with van der Waals surface area (Å²) in [6.45, 7) is 2.37. The van der Waals surface area contributed by atoms with Crippen LogP contribution in [0.1, 0.15) is 11.3 Å². The molecule has 0 aliphatic rings. The van der Waals surface area contributed by atoms with Crippen LogP contribution in [-0.2, 0) is 6.54 Å². The largest absolute Gasteiger partial charge is 0.493 e. The van der Waals surface area contributed by atoms with E-state index >= 15 is 0 Å². The predicted octanol–water partition coefficient (Wildman–Crippen LogP) is 3.82.